The molecule has 0 aliphatic rings. The minimum Gasteiger partial charge on any atom is -0.369 e. The molecular weight excluding hydrogens is 257 g/mol. The van der Waals surface area contributed by atoms with Crippen LogP contribution in [0, 0.1) is 0 Å². The van der Waals surface area contributed by atoms with E-state index in [0.29, 0.717) is 15.9 Å². The maximum absolute atomic E-state index is 6.15. The first-order valence-electron chi connectivity index (χ1n) is 5.91. The second-order valence-electron chi connectivity index (χ2n) is 3.97. The molecule has 1 rings (SSSR count). The van der Waals surface area contributed by atoms with Gasteiger partial charge in [-0.2, -0.15) is 0 Å². The third-order valence-electron chi connectivity index (χ3n) is 2.37. The predicted octanol–water partition coefficient (Wildman–Crippen LogP) is 4.06. The summed E-state index contributed by atoms with van der Waals surface area (Å²) in [6.07, 6.45) is 2.08. The van der Waals surface area contributed by atoms with E-state index in [2.05, 4.69) is 24.1 Å². The topological polar surface area (TPSA) is 28.2 Å². The van der Waals surface area contributed by atoms with E-state index in [9.17, 15) is 0 Å². The Morgan fingerprint density at radius 3 is 2.53 bits per heavy atom. The monoisotopic (exact) mass is 275 g/mol. The summed E-state index contributed by atoms with van der Waals surface area (Å²) >= 11 is 12.2. The summed E-state index contributed by atoms with van der Waals surface area (Å²) in [5.41, 5.74) is 0. The van der Waals surface area contributed by atoms with E-state index >= 15 is 0 Å². The van der Waals surface area contributed by atoms with Crippen molar-refractivity contribution >= 4 is 34.8 Å². The van der Waals surface area contributed by atoms with Crippen LogP contribution in [0.1, 0.15) is 26.7 Å². The summed E-state index contributed by atoms with van der Waals surface area (Å²) in [6, 6.07) is 1.75. The van der Waals surface area contributed by atoms with Crippen LogP contribution in [0.25, 0.3) is 0 Å². The normalized spacial score (nSPS) is 10.4. The van der Waals surface area contributed by atoms with Gasteiger partial charge in [-0.05, 0) is 18.9 Å². The van der Waals surface area contributed by atoms with Crippen LogP contribution in [-0.2, 0) is 0 Å². The highest BCUT2D eigenvalue weighted by molar-refractivity contribution is 6.37. The Morgan fingerprint density at radius 2 is 1.94 bits per heavy atom. The maximum Gasteiger partial charge on any atom is 0.149 e. The van der Waals surface area contributed by atoms with Gasteiger partial charge in [-0.15, -0.1) is 0 Å². The van der Waals surface area contributed by atoms with Gasteiger partial charge in [0, 0.05) is 20.1 Å². The van der Waals surface area contributed by atoms with E-state index in [-0.39, 0.29) is 0 Å². The number of pyridine rings is 1. The lowest BCUT2D eigenvalue weighted by Gasteiger charge is -2.20. The molecule has 0 unspecified atom stereocenters. The molecule has 1 heterocycles. The molecule has 0 atom stereocenters. The second-order valence-corrected chi connectivity index (χ2v) is 4.79. The Balaban J connectivity index is 2.96. The van der Waals surface area contributed by atoms with Gasteiger partial charge < -0.3 is 10.2 Å². The van der Waals surface area contributed by atoms with Crippen LogP contribution in [0.15, 0.2) is 6.07 Å². The van der Waals surface area contributed by atoms with Crippen LogP contribution in [0.4, 0.5) is 11.6 Å². The first-order chi connectivity index (χ1) is 8.10. The number of hydrogen-bond acceptors (Lipinski definition) is 3. The zero-order chi connectivity index (χ0) is 12.8. The largest absolute Gasteiger partial charge is 0.369 e. The molecule has 17 heavy (non-hydrogen) atoms. The van der Waals surface area contributed by atoms with Crippen molar-refractivity contribution in [2.45, 2.75) is 26.7 Å². The Hall–Kier alpha value is -0.670. The van der Waals surface area contributed by atoms with Crippen molar-refractivity contribution < 1.29 is 0 Å². The molecule has 0 aliphatic heterocycles. The number of hydrogen-bond donors (Lipinski definition) is 1. The molecule has 0 aliphatic carbocycles. The van der Waals surface area contributed by atoms with Crippen LogP contribution in [0.2, 0.25) is 10.0 Å². The van der Waals surface area contributed by atoms with E-state index in [1.165, 1.54) is 0 Å². The third kappa shape index (κ3) is 3.93. The highest BCUT2D eigenvalue weighted by atomic mass is 35.5. The molecule has 1 aromatic rings. The quantitative estimate of drug-likeness (QED) is 0.849. The molecule has 0 fully saturated rings. The number of nitrogens with zero attached hydrogens (tertiary/aromatic N) is 2. The van der Waals surface area contributed by atoms with Crippen molar-refractivity contribution in [1.29, 1.82) is 0 Å². The van der Waals surface area contributed by atoms with E-state index in [1.54, 1.807) is 6.07 Å². The van der Waals surface area contributed by atoms with Crippen molar-refractivity contribution in [2.75, 3.05) is 30.4 Å². The van der Waals surface area contributed by atoms with Crippen molar-refractivity contribution in [3.05, 3.63) is 16.1 Å². The SMILES string of the molecule is CCCNc1nc(N(C)CCC)c(Cl)cc1Cl. The fraction of sp³-hybridized carbons (Fsp3) is 0.583. The molecule has 0 bridgehead atoms. The van der Waals surface area contributed by atoms with Crippen LogP contribution < -0.4 is 10.2 Å². The number of rotatable bonds is 6. The maximum atomic E-state index is 6.15. The lowest BCUT2D eigenvalue weighted by molar-refractivity contribution is 0.837. The van der Waals surface area contributed by atoms with Gasteiger partial charge in [-0.3, -0.25) is 0 Å². The lowest BCUT2D eigenvalue weighted by atomic mass is 10.3. The molecule has 0 saturated carbocycles. The molecule has 0 radical (unpaired) electrons. The van der Waals surface area contributed by atoms with Crippen molar-refractivity contribution in [1.82, 2.24) is 4.98 Å². The highest BCUT2D eigenvalue weighted by Crippen LogP contribution is 2.30. The van der Waals surface area contributed by atoms with E-state index in [1.807, 2.05) is 11.9 Å². The van der Waals surface area contributed by atoms with Crippen LogP contribution in [0.5, 0.6) is 0 Å². The Morgan fingerprint density at radius 1 is 1.24 bits per heavy atom. The zero-order valence-corrected chi connectivity index (χ0v) is 12.1. The molecule has 1 N–H and O–H groups in total. The van der Waals surface area contributed by atoms with Gasteiger partial charge in [-0.1, -0.05) is 37.0 Å². The average Bonchev–Trinajstić information content (AvgIpc) is 2.28. The second kappa shape index (κ2) is 6.92. The summed E-state index contributed by atoms with van der Waals surface area (Å²) in [7, 11) is 1.98. The van der Waals surface area contributed by atoms with Crippen molar-refractivity contribution in [3.8, 4) is 0 Å². The first-order valence-corrected chi connectivity index (χ1v) is 6.66. The Kier molecular flexibility index (Phi) is 5.86. The zero-order valence-electron chi connectivity index (χ0n) is 10.6. The van der Waals surface area contributed by atoms with Crippen LogP contribution >= 0.6 is 23.2 Å². The Bertz CT molecular complexity index is 369. The van der Waals surface area contributed by atoms with Crippen molar-refractivity contribution in [2.24, 2.45) is 0 Å². The fourth-order valence-electron chi connectivity index (χ4n) is 1.53. The molecule has 5 heteroatoms. The Labute approximate surface area is 113 Å². The first kappa shape index (κ1) is 14.4. The smallest absolute Gasteiger partial charge is 0.149 e. The van der Waals surface area contributed by atoms with Gasteiger partial charge in [-0.25, -0.2) is 4.98 Å². The van der Waals surface area contributed by atoms with Gasteiger partial charge in [0.05, 0.1) is 10.0 Å². The number of aromatic nitrogens is 1. The molecule has 0 spiro atoms. The highest BCUT2D eigenvalue weighted by Gasteiger charge is 2.12. The molecular formula is C12H19Cl2N3. The van der Waals surface area contributed by atoms with Crippen molar-refractivity contribution in [3.63, 3.8) is 0 Å². The summed E-state index contributed by atoms with van der Waals surface area (Å²) in [6.45, 7) is 5.99. The van der Waals surface area contributed by atoms with Gasteiger partial charge in [0.1, 0.15) is 11.6 Å². The lowest BCUT2D eigenvalue weighted by Crippen LogP contribution is -2.20. The van der Waals surface area contributed by atoms with E-state index < -0.39 is 0 Å². The molecule has 0 aromatic carbocycles. The van der Waals surface area contributed by atoms with Gasteiger partial charge in [0.25, 0.3) is 0 Å². The summed E-state index contributed by atoms with van der Waals surface area (Å²) < 4.78 is 0. The van der Waals surface area contributed by atoms with E-state index in [4.69, 9.17) is 23.2 Å². The molecule has 0 amide bonds. The van der Waals surface area contributed by atoms with E-state index in [0.717, 1.165) is 31.7 Å². The number of nitrogens with one attached hydrogen (secondary N) is 1. The number of halogens is 2. The predicted molar refractivity (Wildman–Crippen MR) is 76.6 cm³/mol. The van der Waals surface area contributed by atoms with Gasteiger partial charge >= 0.3 is 0 Å². The van der Waals surface area contributed by atoms with Gasteiger partial charge in [0.2, 0.25) is 0 Å². The third-order valence-corrected chi connectivity index (χ3v) is 2.94. The molecule has 1 aromatic heterocycles. The minimum absolute atomic E-state index is 0.567. The molecule has 3 nitrogen and oxygen atoms in total. The van der Waals surface area contributed by atoms with Crippen LogP contribution in [0.3, 0.4) is 0 Å². The summed E-state index contributed by atoms with van der Waals surface area (Å²) in [4.78, 5) is 6.52. The average molecular weight is 276 g/mol. The fourth-order valence-corrected chi connectivity index (χ4v) is 2.10. The standard InChI is InChI=1S/C12H19Cl2N3/c1-4-6-15-11-9(13)8-10(14)12(16-11)17(3)7-5-2/h8H,4-7H2,1-3H3,(H,15,16). The molecule has 96 valence electrons. The van der Waals surface area contributed by atoms with Gasteiger partial charge in [0.15, 0.2) is 0 Å². The minimum atomic E-state index is 0.567. The van der Waals surface area contributed by atoms with Crippen LogP contribution in [-0.4, -0.2) is 25.1 Å². The summed E-state index contributed by atoms with van der Waals surface area (Å²) in [5.74, 6) is 1.48. The molecule has 0 saturated heterocycles. The summed E-state index contributed by atoms with van der Waals surface area (Å²) in [5, 5.41) is 4.36. The number of anilines is 2.